The number of thiazole rings is 1. The molecular weight excluding hydrogens is 534 g/mol. The zero-order chi connectivity index (χ0) is 26.0. The lowest BCUT2D eigenvalue weighted by molar-refractivity contribution is -0.123. The van der Waals surface area contributed by atoms with E-state index in [0.717, 1.165) is 10.2 Å². The predicted octanol–water partition coefficient (Wildman–Crippen LogP) is 4.29. The molecular formula is C25H26ClN5O4S2. The van der Waals surface area contributed by atoms with Gasteiger partial charge in [-0.15, -0.1) is 0 Å². The Morgan fingerprint density at radius 3 is 2.78 bits per heavy atom. The number of nitrogens with zero attached hydrogens (tertiary/aromatic N) is 5. The molecule has 194 valence electrons. The zero-order valence-electron chi connectivity index (χ0n) is 20.2. The van der Waals surface area contributed by atoms with E-state index in [1.807, 2.05) is 30.5 Å². The number of carbonyl (C=O) groups is 1. The first kappa shape index (κ1) is 25.7. The van der Waals surface area contributed by atoms with Crippen molar-refractivity contribution in [1.82, 2.24) is 19.1 Å². The van der Waals surface area contributed by atoms with Crippen LogP contribution in [0.3, 0.4) is 0 Å². The van der Waals surface area contributed by atoms with Crippen molar-refractivity contribution in [1.29, 1.82) is 0 Å². The molecule has 1 atom stereocenters. The van der Waals surface area contributed by atoms with Gasteiger partial charge in [-0.3, -0.25) is 14.4 Å². The molecule has 0 spiro atoms. The van der Waals surface area contributed by atoms with Crippen LogP contribution in [-0.2, 0) is 21.4 Å². The fraction of sp³-hybridized carbons (Fsp3) is 0.320. The van der Waals surface area contributed by atoms with E-state index in [1.54, 1.807) is 35.0 Å². The zero-order valence-corrected chi connectivity index (χ0v) is 22.5. The van der Waals surface area contributed by atoms with Crippen molar-refractivity contribution >= 4 is 54.2 Å². The van der Waals surface area contributed by atoms with E-state index in [0.29, 0.717) is 48.4 Å². The second-order valence-corrected chi connectivity index (χ2v) is 12.1. The molecule has 5 rings (SSSR count). The summed E-state index contributed by atoms with van der Waals surface area (Å²) < 4.78 is 36.0. The molecule has 1 saturated heterocycles. The van der Waals surface area contributed by atoms with Crippen molar-refractivity contribution < 1.29 is 17.9 Å². The van der Waals surface area contributed by atoms with Gasteiger partial charge in [0, 0.05) is 37.1 Å². The van der Waals surface area contributed by atoms with Crippen LogP contribution in [0.25, 0.3) is 10.2 Å². The number of ether oxygens (including phenoxy) is 1. The average Bonchev–Trinajstić information content (AvgIpc) is 3.58. The van der Waals surface area contributed by atoms with Crippen LogP contribution in [-0.4, -0.2) is 60.1 Å². The van der Waals surface area contributed by atoms with Crippen LogP contribution >= 0.6 is 22.9 Å². The number of rotatable bonds is 8. The van der Waals surface area contributed by atoms with Crippen LogP contribution < -0.4 is 9.64 Å². The highest BCUT2D eigenvalue weighted by molar-refractivity contribution is 7.89. The van der Waals surface area contributed by atoms with Crippen LogP contribution in [0.5, 0.6) is 5.75 Å². The van der Waals surface area contributed by atoms with Gasteiger partial charge in [0.15, 0.2) is 5.13 Å². The Bertz CT molecular complexity index is 1490. The van der Waals surface area contributed by atoms with E-state index in [1.165, 1.54) is 27.8 Å². The maximum Gasteiger partial charge on any atom is 0.243 e. The Labute approximate surface area is 224 Å². The SMILES string of the molecule is COc1ccc2nc(N(CCn3cccn3)C(=O)C3CCCN(S(=O)(=O)c4ccc(Cl)cc4)C3)sc2c1. The third-order valence-corrected chi connectivity index (χ3v) is 9.55. The quantitative estimate of drug-likeness (QED) is 0.319. The molecule has 1 fully saturated rings. The van der Waals surface area contributed by atoms with Gasteiger partial charge >= 0.3 is 0 Å². The van der Waals surface area contributed by atoms with E-state index in [4.69, 9.17) is 21.3 Å². The molecule has 1 amide bonds. The first-order valence-corrected chi connectivity index (χ1v) is 14.5. The molecule has 0 bridgehead atoms. The van der Waals surface area contributed by atoms with E-state index >= 15 is 0 Å². The molecule has 1 aliphatic rings. The third-order valence-electron chi connectivity index (χ3n) is 6.38. The largest absolute Gasteiger partial charge is 0.497 e. The number of methoxy groups -OCH3 is 1. The van der Waals surface area contributed by atoms with E-state index in [9.17, 15) is 13.2 Å². The van der Waals surface area contributed by atoms with Crippen LogP contribution in [0, 0.1) is 5.92 Å². The van der Waals surface area contributed by atoms with Crippen LogP contribution in [0.1, 0.15) is 12.8 Å². The number of piperidine rings is 1. The summed E-state index contributed by atoms with van der Waals surface area (Å²) in [5, 5.41) is 5.28. The summed E-state index contributed by atoms with van der Waals surface area (Å²) in [4.78, 5) is 20.5. The molecule has 0 aliphatic carbocycles. The number of fused-ring (bicyclic) bond motifs is 1. The number of halogens is 1. The van der Waals surface area contributed by atoms with Crippen molar-refractivity contribution in [2.75, 3.05) is 31.6 Å². The summed E-state index contributed by atoms with van der Waals surface area (Å²) in [5.41, 5.74) is 0.772. The van der Waals surface area contributed by atoms with Gasteiger partial charge in [-0.1, -0.05) is 22.9 Å². The van der Waals surface area contributed by atoms with E-state index in [-0.39, 0.29) is 17.3 Å². The lowest BCUT2D eigenvalue weighted by Crippen LogP contribution is -2.47. The Morgan fingerprint density at radius 1 is 1.24 bits per heavy atom. The van der Waals surface area contributed by atoms with Gasteiger partial charge in [0.2, 0.25) is 15.9 Å². The Hall–Kier alpha value is -2.99. The summed E-state index contributed by atoms with van der Waals surface area (Å²) in [6.45, 7) is 1.32. The minimum atomic E-state index is -3.75. The minimum Gasteiger partial charge on any atom is -0.497 e. The third kappa shape index (κ3) is 5.49. The number of aromatic nitrogens is 3. The fourth-order valence-electron chi connectivity index (χ4n) is 4.41. The maximum atomic E-state index is 13.9. The number of carbonyl (C=O) groups excluding carboxylic acids is 1. The van der Waals surface area contributed by atoms with Crippen LogP contribution in [0.2, 0.25) is 5.02 Å². The van der Waals surface area contributed by atoms with Gasteiger partial charge in [0.05, 0.1) is 34.7 Å². The molecule has 3 heterocycles. The molecule has 37 heavy (non-hydrogen) atoms. The summed E-state index contributed by atoms with van der Waals surface area (Å²) >= 11 is 7.35. The van der Waals surface area contributed by atoms with E-state index in [2.05, 4.69) is 5.10 Å². The van der Waals surface area contributed by atoms with Gasteiger partial charge < -0.3 is 4.74 Å². The summed E-state index contributed by atoms with van der Waals surface area (Å²) in [7, 11) is -2.14. The number of sulfonamides is 1. The lowest BCUT2D eigenvalue weighted by Gasteiger charge is -2.33. The van der Waals surface area contributed by atoms with Gasteiger partial charge in [0.1, 0.15) is 5.75 Å². The molecule has 9 nitrogen and oxygen atoms in total. The second kappa shape index (κ2) is 10.8. The molecule has 0 N–H and O–H groups in total. The highest BCUT2D eigenvalue weighted by Gasteiger charge is 2.36. The highest BCUT2D eigenvalue weighted by Crippen LogP contribution is 2.33. The van der Waals surface area contributed by atoms with Gasteiger partial charge in [-0.05, 0) is 61.4 Å². The summed E-state index contributed by atoms with van der Waals surface area (Å²) in [5.74, 6) is 0.0802. The van der Waals surface area contributed by atoms with Gasteiger partial charge in [-0.25, -0.2) is 13.4 Å². The van der Waals surface area contributed by atoms with Crippen molar-refractivity contribution in [2.45, 2.75) is 24.3 Å². The molecule has 0 saturated carbocycles. The van der Waals surface area contributed by atoms with Crippen molar-refractivity contribution in [3.63, 3.8) is 0 Å². The highest BCUT2D eigenvalue weighted by atomic mass is 35.5. The standard InChI is InChI=1S/C25H26ClN5O4S2/c1-35-20-7-10-22-23(16-20)36-25(28-22)31(15-14-29-12-3-11-27-29)24(32)18-4-2-13-30(17-18)37(33,34)21-8-5-19(26)6-9-21/h3,5-12,16,18H,2,4,13-15,17H2,1H3. The Balaban J connectivity index is 1.41. The molecule has 12 heteroatoms. The molecule has 2 aromatic heterocycles. The molecule has 1 aliphatic heterocycles. The van der Waals surface area contributed by atoms with Crippen molar-refractivity contribution in [3.05, 3.63) is 65.9 Å². The number of anilines is 1. The predicted molar refractivity (Wildman–Crippen MR) is 144 cm³/mol. The van der Waals surface area contributed by atoms with Crippen LogP contribution in [0.4, 0.5) is 5.13 Å². The second-order valence-electron chi connectivity index (χ2n) is 8.75. The lowest BCUT2D eigenvalue weighted by atomic mass is 9.98. The maximum absolute atomic E-state index is 13.9. The molecule has 0 radical (unpaired) electrons. The number of hydrogen-bond acceptors (Lipinski definition) is 7. The van der Waals surface area contributed by atoms with E-state index < -0.39 is 15.9 Å². The Morgan fingerprint density at radius 2 is 2.05 bits per heavy atom. The van der Waals surface area contributed by atoms with Crippen molar-refractivity contribution in [3.8, 4) is 5.75 Å². The minimum absolute atomic E-state index is 0.112. The molecule has 1 unspecified atom stereocenters. The monoisotopic (exact) mass is 559 g/mol. The fourth-order valence-corrected chi connectivity index (χ4v) is 7.08. The number of amides is 1. The first-order valence-electron chi connectivity index (χ1n) is 11.8. The van der Waals surface area contributed by atoms with Gasteiger partial charge in [0.25, 0.3) is 0 Å². The summed E-state index contributed by atoms with van der Waals surface area (Å²) in [6.07, 6.45) is 4.72. The Kier molecular flexibility index (Phi) is 7.47. The normalized spacial score (nSPS) is 16.6. The van der Waals surface area contributed by atoms with Crippen molar-refractivity contribution in [2.24, 2.45) is 5.92 Å². The van der Waals surface area contributed by atoms with Crippen LogP contribution in [0.15, 0.2) is 65.8 Å². The number of hydrogen-bond donors (Lipinski definition) is 0. The smallest absolute Gasteiger partial charge is 0.243 e. The van der Waals surface area contributed by atoms with Gasteiger partial charge in [-0.2, -0.15) is 9.40 Å². The first-order chi connectivity index (χ1) is 17.8. The number of benzene rings is 2. The summed E-state index contributed by atoms with van der Waals surface area (Å²) in [6, 6.07) is 13.5. The molecule has 2 aromatic carbocycles. The molecule has 4 aromatic rings. The average molecular weight is 560 g/mol. The topological polar surface area (TPSA) is 97.6 Å².